The summed E-state index contributed by atoms with van der Waals surface area (Å²) >= 11 is 7.61. The highest BCUT2D eigenvalue weighted by Crippen LogP contribution is 2.44. The minimum atomic E-state index is -0.446. The van der Waals surface area contributed by atoms with Crippen LogP contribution in [0.15, 0.2) is 42.5 Å². The van der Waals surface area contributed by atoms with Crippen LogP contribution < -0.4 is 0 Å². The number of hydrogen-bond acceptors (Lipinski definition) is 4. The van der Waals surface area contributed by atoms with Gasteiger partial charge in [0, 0.05) is 6.07 Å². The molecule has 2 heterocycles. The monoisotopic (exact) mass is 331 g/mol. The molecule has 0 saturated carbocycles. The Morgan fingerprint density at radius 2 is 2.14 bits per heavy atom. The van der Waals surface area contributed by atoms with Gasteiger partial charge >= 0.3 is 0 Å². The van der Waals surface area contributed by atoms with E-state index in [2.05, 4.69) is 9.55 Å². The molecule has 0 saturated heterocycles. The van der Waals surface area contributed by atoms with E-state index in [1.807, 2.05) is 30.3 Å². The number of benzene rings is 2. The van der Waals surface area contributed by atoms with Gasteiger partial charge in [0.15, 0.2) is 0 Å². The lowest BCUT2D eigenvalue weighted by atomic mass is 10.2. The second kappa shape index (κ2) is 5.00. The Balaban J connectivity index is 1.87. The van der Waals surface area contributed by atoms with Gasteiger partial charge in [-0.1, -0.05) is 29.8 Å². The Kier molecular flexibility index (Phi) is 3.09. The standard InChI is InChI=1S/C15H10ClN3O2S/c16-10-6-5-9(7-13(10)19(20)21)15-18-12-4-2-1-3-11(12)17-14(18)8-22-15/h1-7,15H,8H2. The van der Waals surface area contributed by atoms with Crippen molar-refractivity contribution < 1.29 is 4.92 Å². The second-order valence-electron chi connectivity index (χ2n) is 5.02. The molecular formula is C15H10ClN3O2S. The number of nitro groups is 1. The van der Waals surface area contributed by atoms with Gasteiger partial charge in [0.1, 0.15) is 16.2 Å². The van der Waals surface area contributed by atoms with Crippen LogP contribution in [0.2, 0.25) is 5.02 Å². The van der Waals surface area contributed by atoms with Crippen LogP contribution in [0.5, 0.6) is 0 Å². The lowest BCUT2D eigenvalue weighted by Crippen LogP contribution is -2.04. The predicted molar refractivity (Wildman–Crippen MR) is 87.3 cm³/mol. The van der Waals surface area contributed by atoms with Gasteiger partial charge in [-0.2, -0.15) is 0 Å². The zero-order valence-corrected chi connectivity index (χ0v) is 12.8. The van der Waals surface area contributed by atoms with Gasteiger partial charge in [-0.3, -0.25) is 10.1 Å². The topological polar surface area (TPSA) is 61.0 Å². The molecule has 1 aliphatic heterocycles. The summed E-state index contributed by atoms with van der Waals surface area (Å²) in [5.41, 5.74) is 2.80. The van der Waals surface area contributed by atoms with Crippen LogP contribution in [0.3, 0.4) is 0 Å². The maximum atomic E-state index is 11.1. The summed E-state index contributed by atoms with van der Waals surface area (Å²) in [6.07, 6.45) is 0. The van der Waals surface area contributed by atoms with Crippen LogP contribution in [0.25, 0.3) is 11.0 Å². The molecule has 110 valence electrons. The van der Waals surface area contributed by atoms with E-state index in [4.69, 9.17) is 11.6 Å². The molecule has 3 aromatic rings. The van der Waals surface area contributed by atoms with E-state index in [-0.39, 0.29) is 16.1 Å². The fourth-order valence-corrected chi connectivity index (χ4v) is 4.17. The number of imidazole rings is 1. The lowest BCUT2D eigenvalue weighted by molar-refractivity contribution is -0.384. The van der Waals surface area contributed by atoms with Crippen molar-refractivity contribution in [3.8, 4) is 0 Å². The molecule has 0 aliphatic carbocycles. The van der Waals surface area contributed by atoms with Gasteiger partial charge in [0.25, 0.3) is 5.69 Å². The van der Waals surface area contributed by atoms with Gasteiger partial charge < -0.3 is 4.57 Å². The van der Waals surface area contributed by atoms with Gasteiger partial charge in [0.05, 0.1) is 21.7 Å². The summed E-state index contributed by atoms with van der Waals surface area (Å²) in [6.45, 7) is 0. The van der Waals surface area contributed by atoms with Crippen molar-refractivity contribution in [2.45, 2.75) is 11.1 Å². The third-order valence-electron chi connectivity index (χ3n) is 3.73. The van der Waals surface area contributed by atoms with Crippen molar-refractivity contribution in [3.05, 3.63) is 69.0 Å². The molecule has 5 nitrogen and oxygen atoms in total. The van der Waals surface area contributed by atoms with E-state index in [0.29, 0.717) is 0 Å². The number of aromatic nitrogens is 2. The number of hydrogen-bond donors (Lipinski definition) is 0. The number of nitro benzene ring substituents is 1. The first-order chi connectivity index (χ1) is 10.6. The molecule has 0 fully saturated rings. The summed E-state index contributed by atoms with van der Waals surface area (Å²) < 4.78 is 2.15. The molecule has 0 bridgehead atoms. The SMILES string of the molecule is O=[N+]([O-])c1cc(C2SCc3nc4ccccc4n32)ccc1Cl. The lowest BCUT2D eigenvalue weighted by Gasteiger charge is -2.14. The Bertz CT molecular complexity index is 909. The van der Waals surface area contributed by atoms with Crippen LogP contribution in [0, 0.1) is 10.1 Å². The van der Waals surface area contributed by atoms with Crippen LogP contribution in [0.4, 0.5) is 5.69 Å². The molecule has 1 unspecified atom stereocenters. The molecule has 4 rings (SSSR count). The third-order valence-corrected chi connectivity index (χ3v) is 5.27. The highest BCUT2D eigenvalue weighted by molar-refractivity contribution is 7.99. The molecule has 0 N–H and O–H groups in total. The number of thioether (sulfide) groups is 1. The minimum Gasteiger partial charge on any atom is -0.310 e. The molecule has 0 spiro atoms. The van der Waals surface area contributed by atoms with Crippen LogP contribution in [-0.4, -0.2) is 14.5 Å². The zero-order valence-electron chi connectivity index (χ0n) is 11.3. The van der Waals surface area contributed by atoms with Crippen molar-refractivity contribution in [2.24, 2.45) is 0 Å². The van der Waals surface area contributed by atoms with Gasteiger partial charge in [-0.05, 0) is 23.8 Å². The first-order valence-electron chi connectivity index (χ1n) is 6.66. The molecular weight excluding hydrogens is 322 g/mol. The van der Waals surface area contributed by atoms with Gasteiger partial charge in [-0.25, -0.2) is 4.98 Å². The first-order valence-corrected chi connectivity index (χ1v) is 8.09. The maximum Gasteiger partial charge on any atom is 0.288 e. The van der Waals surface area contributed by atoms with Crippen LogP contribution in [-0.2, 0) is 5.75 Å². The summed E-state index contributed by atoms with van der Waals surface area (Å²) in [4.78, 5) is 15.3. The number of para-hydroxylation sites is 2. The van der Waals surface area contributed by atoms with Crippen molar-refractivity contribution in [1.29, 1.82) is 0 Å². The first kappa shape index (κ1) is 13.6. The molecule has 1 atom stereocenters. The highest BCUT2D eigenvalue weighted by atomic mass is 35.5. The molecule has 1 aromatic heterocycles. The fourth-order valence-electron chi connectivity index (χ4n) is 2.75. The Labute approximate surface area is 135 Å². The summed E-state index contributed by atoms with van der Waals surface area (Å²) in [5, 5.41) is 11.2. The van der Waals surface area contributed by atoms with E-state index in [0.717, 1.165) is 28.2 Å². The smallest absolute Gasteiger partial charge is 0.288 e. The average Bonchev–Trinajstić information content (AvgIpc) is 3.06. The normalized spacial score (nSPS) is 16.9. The van der Waals surface area contributed by atoms with Crippen molar-refractivity contribution in [3.63, 3.8) is 0 Å². The zero-order chi connectivity index (χ0) is 15.3. The Hall–Kier alpha value is -2.05. The van der Waals surface area contributed by atoms with Crippen molar-refractivity contribution in [2.75, 3.05) is 0 Å². The quantitative estimate of drug-likeness (QED) is 0.516. The number of halogens is 1. The fraction of sp³-hybridized carbons (Fsp3) is 0.133. The molecule has 2 aromatic carbocycles. The Morgan fingerprint density at radius 3 is 2.95 bits per heavy atom. The largest absolute Gasteiger partial charge is 0.310 e. The molecule has 0 radical (unpaired) electrons. The van der Waals surface area contributed by atoms with E-state index in [9.17, 15) is 10.1 Å². The number of fused-ring (bicyclic) bond motifs is 3. The van der Waals surface area contributed by atoms with Gasteiger partial charge in [-0.15, -0.1) is 11.8 Å². The maximum absolute atomic E-state index is 11.1. The number of rotatable bonds is 2. The summed E-state index contributed by atoms with van der Waals surface area (Å²) in [6, 6.07) is 12.9. The van der Waals surface area contributed by atoms with Crippen molar-refractivity contribution in [1.82, 2.24) is 9.55 Å². The molecule has 0 amide bonds. The molecule has 1 aliphatic rings. The van der Waals surface area contributed by atoms with E-state index in [1.165, 1.54) is 0 Å². The third kappa shape index (κ3) is 1.99. The predicted octanol–water partition coefficient (Wildman–Crippen LogP) is 4.39. The van der Waals surface area contributed by atoms with Crippen LogP contribution >= 0.6 is 23.4 Å². The second-order valence-corrected chi connectivity index (χ2v) is 6.49. The molecule has 7 heteroatoms. The van der Waals surface area contributed by atoms with E-state index >= 15 is 0 Å². The van der Waals surface area contributed by atoms with Gasteiger partial charge in [0.2, 0.25) is 0 Å². The average molecular weight is 332 g/mol. The van der Waals surface area contributed by atoms with E-state index < -0.39 is 4.92 Å². The minimum absolute atomic E-state index is 0.0154. The number of nitrogens with zero attached hydrogens (tertiary/aromatic N) is 3. The van der Waals surface area contributed by atoms with Crippen molar-refractivity contribution >= 4 is 40.1 Å². The Morgan fingerprint density at radius 1 is 1.32 bits per heavy atom. The summed E-state index contributed by atoms with van der Waals surface area (Å²) in [5.74, 6) is 1.78. The summed E-state index contributed by atoms with van der Waals surface area (Å²) in [7, 11) is 0. The van der Waals surface area contributed by atoms with Crippen LogP contribution in [0.1, 0.15) is 16.8 Å². The highest BCUT2D eigenvalue weighted by Gasteiger charge is 2.29. The molecule has 22 heavy (non-hydrogen) atoms. The van der Waals surface area contributed by atoms with E-state index in [1.54, 1.807) is 23.9 Å².